The summed E-state index contributed by atoms with van der Waals surface area (Å²) in [6.45, 7) is 8.85. The van der Waals surface area contributed by atoms with E-state index in [1.807, 2.05) is 18.2 Å². The van der Waals surface area contributed by atoms with Crippen molar-refractivity contribution in [2.24, 2.45) is 0 Å². The number of hydrogen-bond acceptors (Lipinski definition) is 7. The maximum absolute atomic E-state index is 13.6. The number of nitriles is 1. The minimum atomic E-state index is -1.02. The fraction of sp³-hybridized carbons (Fsp3) is 0.333. The lowest BCUT2D eigenvalue weighted by molar-refractivity contribution is 0.0283. The number of amides is 1. The Balaban J connectivity index is 1.54. The first-order valence-electron chi connectivity index (χ1n) is 13.1. The molecule has 3 aromatic heterocycles. The second-order valence-corrected chi connectivity index (χ2v) is 10.3. The number of aromatic nitrogens is 3. The molecule has 10 heteroatoms. The zero-order valence-corrected chi connectivity index (χ0v) is 23.1. The molecule has 0 aliphatic heterocycles. The molecular weight excluding hydrogens is 511 g/mol. The molecule has 3 heterocycles. The first-order valence-corrected chi connectivity index (χ1v) is 13.1. The number of carbonyl (C=O) groups excluding carboxylic acids is 1. The molecule has 208 valence electrons. The molecule has 0 atom stereocenters. The average molecular weight is 545 g/mol. The van der Waals surface area contributed by atoms with Crippen molar-refractivity contribution in [3.8, 4) is 22.9 Å². The molecule has 0 spiro atoms. The summed E-state index contributed by atoms with van der Waals surface area (Å²) < 4.78 is 21.0. The summed E-state index contributed by atoms with van der Waals surface area (Å²) in [7, 11) is 0. The molecular formula is C30H33FN6O3. The molecule has 0 unspecified atom stereocenters. The Hall–Kier alpha value is -4.49. The zero-order chi connectivity index (χ0) is 28.9. The molecule has 0 bridgehead atoms. The third-order valence-electron chi connectivity index (χ3n) is 6.29. The summed E-state index contributed by atoms with van der Waals surface area (Å²) in [4.78, 5) is 19.4. The van der Waals surface area contributed by atoms with Gasteiger partial charge in [0, 0.05) is 42.5 Å². The number of halogens is 1. The Morgan fingerprint density at radius 3 is 2.70 bits per heavy atom. The van der Waals surface area contributed by atoms with Crippen LogP contribution in [0, 0.1) is 24.1 Å². The highest BCUT2D eigenvalue weighted by atomic mass is 19.1. The molecule has 4 aromatic rings. The standard InChI is InChI=1S/C30H33FN6O3/c1-5-11-36(12-10-33-29(38)25-13-23(31)8-6-20(25)2)27-9-7-21(16-34-27)26-14-24(40-19-30(3,4)39)18-37-28(26)22(15-32)17-35-37/h6-9,13-14,16-18,39H,5,10-12,19H2,1-4H3,(H,33,38). The van der Waals surface area contributed by atoms with Crippen LogP contribution >= 0.6 is 0 Å². The van der Waals surface area contributed by atoms with Crippen LogP contribution < -0.4 is 15.0 Å². The van der Waals surface area contributed by atoms with Gasteiger partial charge in [-0.05, 0) is 63.1 Å². The van der Waals surface area contributed by atoms with Gasteiger partial charge >= 0.3 is 0 Å². The molecule has 4 rings (SSSR count). The van der Waals surface area contributed by atoms with Gasteiger partial charge < -0.3 is 20.1 Å². The van der Waals surface area contributed by atoms with Gasteiger partial charge in [-0.3, -0.25) is 4.79 Å². The van der Waals surface area contributed by atoms with Gasteiger partial charge in [-0.2, -0.15) is 10.4 Å². The first-order chi connectivity index (χ1) is 19.1. The van der Waals surface area contributed by atoms with Crippen molar-refractivity contribution in [1.29, 1.82) is 5.26 Å². The third kappa shape index (κ3) is 6.74. The van der Waals surface area contributed by atoms with Gasteiger partial charge in [0.25, 0.3) is 5.91 Å². The summed E-state index contributed by atoms with van der Waals surface area (Å²) in [6.07, 6.45) is 5.79. The van der Waals surface area contributed by atoms with Crippen LogP contribution in [-0.4, -0.2) is 57.5 Å². The van der Waals surface area contributed by atoms with Crippen LogP contribution in [0.3, 0.4) is 0 Å². The minimum absolute atomic E-state index is 0.0861. The van der Waals surface area contributed by atoms with E-state index in [9.17, 15) is 19.6 Å². The number of nitrogens with zero attached hydrogens (tertiary/aromatic N) is 5. The number of fused-ring (bicyclic) bond motifs is 1. The summed E-state index contributed by atoms with van der Waals surface area (Å²) in [5.74, 6) is 0.470. The van der Waals surface area contributed by atoms with Crippen LogP contribution in [0.4, 0.5) is 10.2 Å². The maximum atomic E-state index is 13.6. The molecule has 0 aliphatic rings. The molecule has 2 N–H and O–H groups in total. The smallest absolute Gasteiger partial charge is 0.251 e. The summed E-state index contributed by atoms with van der Waals surface area (Å²) in [5.41, 5.74) is 2.56. The van der Waals surface area contributed by atoms with E-state index in [0.29, 0.717) is 41.0 Å². The Morgan fingerprint density at radius 1 is 1.23 bits per heavy atom. The SMILES string of the molecule is CCCN(CCNC(=O)c1cc(F)ccc1C)c1ccc(-c2cc(OCC(C)(C)O)cn3ncc(C#N)c23)cn1. The van der Waals surface area contributed by atoms with E-state index in [0.717, 1.165) is 29.9 Å². The van der Waals surface area contributed by atoms with Crippen molar-refractivity contribution in [3.05, 3.63) is 77.5 Å². The van der Waals surface area contributed by atoms with Crippen LogP contribution in [0.15, 0.2) is 55.0 Å². The number of hydrogen-bond donors (Lipinski definition) is 2. The van der Waals surface area contributed by atoms with Crippen molar-refractivity contribution in [2.45, 2.75) is 39.7 Å². The van der Waals surface area contributed by atoms with Crippen molar-refractivity contribution >= 4 is 17.2 Å². The molecule has 0 radical (unpaired) electrons. The zero-order valence-electron chi connectivity index (χ0n) is 23.1. The highest BCUT2D eigenvalue weighted by Gasteiger charge is 2.18. The highest BCUT2D eigenvalue weighted by molar-refractivity contribution is 5.95. The monoisotopic (exact) mass is 544 g/mol. The van der Waals surface area contributed by atoms with Crippen molar-refractivity contribution < 1.29 is 19.0 Å². The summed E-state index contributed by atoms with van der Waals surface area (Å²) in [6, 6.07) is 12.0. The van der Waals surface area contributed by atoms with E-state index in [-0.39, 0.29) is 12.5 Å². The fourth-order valence-electron chi connectivity index (χ4n) is 4.32. The lowest BCUT2D eigenvalue weighted by Gasteiger charge is -2.23. The van der Waals surface area contributed by atoms with E-state index >= 15 is 0 Å². The first kappa shape index (κ1) is 28.5. The Kier molecular flexibility index (Phi) is 8.65. The third-order valence-corrected chi connectivity index (χ3v) is 6.29. The predicted octanol–water partition coefficient (Wildman–Crippen LogP) is 4.51. The molecule has 9 nitrogen and oxygen atoms in total. The lowest BCUT2D eigenvalue weighted by atomic mass is 10.1. The van der Waals surface area contributed by atoms with Crippen molar-refractivity contribution in [1.82, 2.24) is 19.9 Å². The van der Waals surface area contributed by atoms with Gasteiger partial charge in [0.05, 0.1) is 29.1 Å². The Morgan fingerprint density at radius 2 is 2.02 bits per heavy atom. The van der Waals surface area contributed by atoms with E-state index in [1.54, 1.807) is 43.7 Å². The number of ether oxygens (including phenoxy) is 1. The molecule has 1 amide bonds. The minimum Gasteiger partial charge on any atom is -0.489 e. The molecule has 0 aliphatic carbocycles. The number of aryl methyl sites for hydroxylation is 1. The second-order valence-electron chi connectivity index (χ2n) is 10.3. The fourth-order valence-corrected chi connectivity index (χ4v) is 4.32. The quantitative estimate of drug-likeness (QED) is 0.285. The predicted molar refractivity (Wildman–Crippen MR) is 151 cm³/mol. The molecule has 1 aromatic carbocycles. The molecule has 0 saturated carbocycles. The van der Waals surface area contributed by atoms with E-state index in [4.69, 9.17) is 4.74 Å². The van der Waals surface area contributed by atoms with Crippen molar-refractivity contribution in [2.75, 3.05) is 31.1 Å². The topological polar surface area (TPSA) is 116 Å². The largest absolute Gasteiger partial charge is 0.489 e. The van der Waals surface area contributed by atoms with E-state index in [1.165, 1.54) is 18.3 Å². The van der Waals surface area contributed by atoms with Crippen molar-refractivity contribution in [3.63, 3.8) is 0 Å². The van der Waals surface area contributed by atoms with Gasteiger partial charge in [0.1, 0.15) is 30.1 Å². The molecule has 40 heavy (non-hydrogen) atoms. The van der Waals surface area contributed by atoms with Crippen LogP contribution in [0.1, 0.15) is 48.7 Å². The second kappa shape index (κ2) is 12.1. The summed E-state index contributed by atoms with van der Waals surface area (Å²) in [5, 5.41) is 26.9. The number of anilines is 1. The number of carbonyl (C=O) groups is 1. The number of pyridine rings is 2. The van der Waals surface area contributed by atoms with Gasteiger partial charge in [-0.25, -0.2) is 13.9 Å². The van der Waals surface area contributed by atoms with E-state index < -0.39 is 11.4 Å². The van der Waals surface area contributed by atoms with Gasteiger partial charge in [-0.1, -0.05) is 13.0 Å². The Labute approximate surface area is 232 Å². The maximum Gasteiger partial charge on any atom is 0.251 e. The normalized spacial score (nSPS) is 11.3. The number of aliphatic hydroxyl groups is 1. The molecule has 0 fully saturated rings. The highest BCUT2D eigenvalue weighted by Crippen LogP contribution is 2.31. The van der Waals surface area contributed by atoms with Gasteiger partial charge in [-0.15, -0.1) is 0 Å². The van der Waals surface area contributed by atoms with Gasteiger partial charge in [0.2, 0.25) is 0 Å². The van der Waals surface area contributed by atoms with Crippen LogP contribution in [0.25, 0.3) is 16.6 Å². The van der Waals surface area contributed by atoms with Crippen LogP contribution in [0.2, 0.25) is 0 Å². The lowest BCUT2D eigenvalue weighted by Crippen LogP contribution is -2.36. The van der Waals surface area contributed by atoms with Crippen LogP contribution in [0.5, 0.6) is 5.75 Å². The van der Waals surface area contributed by atoms with Crippen LogP contribution in [-0.2, 0) is 0 Å². The summed E-state index contributed by atoms with van der Waals surface area (Å²) >= 11 is 0. The molecule has 0 saturated heterocycles. The Bertz CT molecular complexity index is 1540. The number of rotatable bonds is 11. The number of benzene rings is 1. The number of nitrogens with one attached hydrogen (secondary N) is 1. The average Bonchev–Trinajstić information content (AvgIpc) is 3.35. The van der Waals surface area contributed by atoms with E-state index in [2.05, 4.69) is 33.3 Å². The van der Waals surface area contributed by atoms with Gasteiger partial charge in [0.15, 0.2) is 0 Å².